The van der Waals surface area contributed by atoms with Crippen LogP contribution in [0.5, 0.6) is 0 Å². The average Bonchev–Trinajstić information content (AvgIpc) is 3.03. The Labute approximate surface area is 284 Å². The van der Waals surface area contributed by atoms with Gasteiger partial charge in [0.25, 0.3) is 11.8 Å². The number of benzene rings is 3. The van der Waals surface area contributed by atoms with E-state index in [9.17, 15) is 27.9 Å². The van der Waals surface area contributed by atoms with E-state index < -0.39 is 40.0 Å². The van der Waals surface area contributed by atoms with Crippen LogP contribution in [0.25, 0.3) is 0 Å². The van der Waals surface area contributed by atoms with E-state index in [1.165, 1.54) is 25.2 Å². The number of carbonyl (C=O) groups is 3. The van der Waals surface area contributed by atoms with Crippen LogP contribution in [0.1, 0.15) is 72.5 Å². The van der Waals surface area contributed by atoms with Crippen molar-refractivity contribution in [3.8, 4) is 0 Å². The highest BCUT2D eigenvalue weighted by Gasteiger charge is 2.28. The Morgan fingerprint density at radius 1 is 0.792 bits per heavy atom. The number of aliphatic hydroxyl groups excluding tert-OH is 1. The van der Waals surface area contributed by atoms with Crippen molar-refractivity contribution in [3.05, 3.63) is 101 Å². The summed E-state index contributed by atoms with van der Waals surface area (Å²) in [5.41, 5.74) is 1.99. The molecule has 0 unspecified atom stereocenters. The summed E-state index contributed by atoms with van der Waals surface area (Å²) in [6.07, 6.45) is 0.186. The minimum Gasteiger partial charge on any atom is -0.390 e. The van der Waals surface area contributed by atoms with Crippen LogP contribution < -0.4 is 25.6 Å². The van der Waals surface area contributed by atoms with Crippen LogP contribution in [-0.2, 0) is 21.2 Å². The number of hydrogen-bond acceptors (Lipinski definition) is 7. The van der Waals surface area contributed by atoms with Gasteiger partial charge in [-0.25, -0.2) is 8.42 Å². The zero-order valence-corrected chi connectivity index (χ0v) is 29.5. The Balaban J connectivity index is 1.92. The van der Waals surface area contributed by atoms with Gasteiger partial charge in [-0.15, -0.1) is 0 Å². The summed E-state index contributed by atoms with van der Waals surface area (Å²) in [5, 5.41) is 23.3. The molecule has 0 spiro atoms. The molecule has 0 saturated heterocycles. The third-order valence-corrected chi connectivity index (χ3v) is 9.16. The van der Waals surface area contributed by atoms with Gasteiger partial charge in [0.2, 0.25) is 15.9 Å². The second-order valence-corrected chi connectivity index (χ2v) is 14.7. The highest BCUT2D eigenvalue weighted by Crippen LogP contribution is 2.22. The number of sulfonamides is 1. The average molecular weight is 680 g/mol. The summed E-state index contributed by atoms with van der Waals surface area (Å²) >= 11 is 0. The van der Waals surface area contributed by atoms with Gasteiger partial charge in [-0.3, -0.25) is 18.7 Å². The Morgan fingerprint density at radius 2 is 1.33 bits per heavy atom. The third-order valence-electron chi connectivity index (χ3n) is 7.96. The highest BCUT2D eigenvalue weighted by molar-refractivity contribution is 7.92. The third kappa shape index (κ3) is 11.2. The van der Waals surface area contributed by atoms with E-state index in [-0.39, 0.29) is 53.7 Å². The first-order valence-corrected chi connectivity index (χ1v) is 17.9. The second kappa shape index (κ2) is 17.2. The van der Waals surface area contributed by atoms with Crippen molar-refractivity contribution in [1.29, 1.82) is 0 Å². The molecule has 0 fully saturated rings. The number of anilines is 1. The molecule has 0 aliphatic carbocycles. The minimum atomic E-state index is -3.73. The van der Waals surface area contributed by atoms with Crippen LogP contribution in [0, 0.1) is 5.92 Å². The maximum atomic E-state index is 13.9. The van der Waals surface area contributed by atoms with Gasteiger partial charge in [0, 0.05) is 30.8 Å². The van der Waals surface area contributed by atoms with Crippen LogP contribution >= 0.6 is 0 Å². The largest absolute Gasteiger partial charge is 0.390 e. The van der Waals surface area contributed by atoms with E-state index in [0.717, 1.165) is 21.7 Å². The van der Waals surface area contributed by atoms with Gasteiger partial charge in [-0.05, 0) is 62.4 Å². The number of amides is 3. The molecule has 0 saturated carbocycles. The molecule has 3 amide bonds. The van der Waals surface area contributed by atoms with E-state index in [1.54, 1.807) is 0 Å². The molecule has 0 aliphatic heterocycles. The highest BCUT2D eigenvalue weighted by atomic mass is 32.2. The van der Waals surface area contributed by atoms with Gasteiger partial charge in [0.15, 0.2) is 0 Å². The summed E-state index contributed by atoms with van der Waals surface area (Å²) in [7, 11) is -2.39. The number of hydrogen-bond donors (Lipinski definition) is 5. The monoisotopic (exact) mass is 679 g/mol. The van der Waals surface area contributed by atoms with Crippen molar-refractivity contribution in [2.45, 2.75) is 71.3 Å². The number of rotatable bonds is 16. The molecule has 0 bridgehead atoms. The van der Waals surface area contributed by atoms with Gasteiger partial charge in [-0.2, -0.15) is 0 Å². The summed E-state index contributed by atoms with van der Waals surface area (Å²) in [6, 6.07) is 21.1. The topological polar surface area (TPSA) is 157 Å². The molecular formula is C36H49N5O6S. The predicted octanol–water partition coefficient (Wildman–Crippen LogP) is 3.41. The van der Waals surface area contributed by atoms with Crippen molar-refractivity contribution >= 4 is 33.4 Å². The van der Waals surface area contributed by atoms with Crippen molar-refractivity contribution in [2.24, 2.45) is 5.92 Å². The zero-order chi connectivity index (χ0) is 35.6. The van der Waals surface area contributed by atoms with Crippen LogP contribution in [0.4, 0.5) is 5.69 Å². The zero-order valence-electron chi connectivity index (χ0n) is 28.7. The molecule has 0 radical (unpaired) electrons. The number of nitrogens with one attached hydrogen (secondary N) is 4. The van der Waals surface area contributed by atoms with Crippen LogP contribution in [-0.4, -0.2) is 75.3 Å². The van der Waals surface area contributed by atoms with Gasteiger partial charge in [0.1, 0.15) is 0 Å². The summed E-state index contributed by atoms with van der Waals surface area (Å²) in [6.45, 7) is 9.39. The molecule has 5 N–H and O–H groups in total. The van der Waals surface area contributed by atoms with Gasteiger partial charge in [-0.1, -0.05) is 74.5 Å². The maximum Gasteiger partial charge on any atom is 0.251 e. The predicted molar refractivity (Wildman–Crippen MR) is 189 cm³/mol. The molecule has 3 aromatic rings. The Morgan fingerprint density at radius 3 is 1.85 bits per heavy atom. The molecule has 4 atom stereocenters. The molecule has 48 heavy (non-hydrogen) atoms. The molecule has 12 heteroatoms. The Bertz CT molecular complexity index is 1630. The van der Waals surface area contributed by atoms with E-state index in [0.29, 0.717) is 0 Å². The number of nitrogens with zero attached hydrogens (tertiary/aromatic N) is 1. The fourth-order valence-corrected chi connectivity index (χ4v) is 5.64. The fourth-order valence-electron chi connectivity index (χ4n) is 5.15. The fraction of sp³-hybridized carbons (Fsp3) is 0.417. The van der Waals surface area contributed by atoms with Crippen LogP contribution in [0.2, 0.25) is 0 Å². The quantitative estimate of drug-likeness (QED) is 0.155. The molecule has 0 aliphatic rings. The van der Waals surface area contributed by atoms with Crippen molar-refractivity contribution in [2.75, 3.05) is 24.2 Å². The van der Waals surface area contributed by atoms with E-state index in [2.05, 4.69) is 21.3 Å². The Kier molecular flexibility index (Phi) is 13.7. The maximum absolute atomic E-state index is 13.9. The molecule has 260 valence electrons. The lowest BCUT2D eigenvalue weighted by Gasteiger charge is -2.28. The smallest absolute Gasteiger partial charge is 0.251 e. The van der Waals surface area contributed by atoms with Gasteiger partial charge in [0.05, 0.1) is 36.2 Å². The molecular weight excluding hydrogens is 630 g/mol. The minimum absolute atomic E-state index is 0.00796. The summed E-state index contributed by atoms with van der Waals surface area (Å²) in [5.74, 6) is -1.35. The second-order valence-electron chi connectivity index (χ2n) is 12.7. The first-order chi connectivity index (χ1) is 22.6. The number of carbonyl (C=O) groups excluding carboxylic acids is 3. The van der Waals surface area contributed by atoms with E-state index in [4.69, 9.17) is 0 Å². The number of aliphatic hydroxyl groups is 1. The lowest BCUT2D eigenvalue weighted by Crippen LogP contribution is -2.54. The lowest BCUT2D eigenvalue weighted by molar-refractivity contribution is -0.124. The van der Waals surface area contributed by atoms with Crippen LogP contribution in [0.15, 0.2) is 78.9 Å². The van der Waals surface area contributed by atoms with Gasteiger partial charge >= 0.3 is 0 Å². The first-order valence-electron chi connectivity index (χ1n) is 16.1. The van der Waals surface area contributed by atoms with Crippen molar-refractivity contribution < 1.29 is 27.9 Å². The molecule has 0 heterocycles. The molecule has 3 aromatic carbocycles. The van der Waals surface area contributed by atoms with Crippen LogP contribution in [0.3, 0.4) is 0 Å². The lowest BCUT2D eigenvalue weighted by atomic mass is 9.98. The standard InChI is InChI=1S/C36H49N5O6S/c1-23(2)33(36(45)38-24(3)4)37-22-32(42)31(18-26-14-10-8-11-15-26)40-35(44)29-19-28(20-30(21-29)41(6)48(7,46)47)34(43)39-25(5)27-16-12-9-13-17-27/h8-17,19-21,23-25,31-33,37,42H,18,22H2,1-7H3,(H,38,45)(H,39,43)(H,40,44)/t25-,31+,32-,33+/m1/s1. The normalized spacial score (nSPS) is 14.1. The van der Waals surface area contributed by atoms with E-state index in [1.807, 2.05) is 95.3 Å². The molecule has 11 nitrogen and oxygen atoms in total. The SMILES string of the molecule is CC(C)NC(=O)[C@@H](NC[C@@H](O)[C@H](Cc1ccccc1)NC(=O)c1cc(C(=O)N[C@H](C)c2ccccc2)cc(N(C)S(C)(=O)=O)c1)C(C)C. The first kappa shape index (κ1) is 38.2. The van der Waals surface area contributed by atoms with Crippen molar-refractivity contribution in [3.63, 3.8) is 0 Å². The van der Waals surface area contributed by atoms with Gasteiger partial charge < -0.3 is 26.4 Å². The molecule has 0 aromatic heterocycles. The van der Waals surface area contributed by atoms with E-state index >= 15 is 0 Å². The molecule has 3 rings (SSSR count). The van der Waals surface area contributed by atoms with Crippen molar-refractivity contribution in [1.82, 2.24) is 21.3 Å². The summed E-state index contributed by atoms with van der Waals surface area (Å²) in [4.78, 5) is 40.1. The summed E-state index contributed by atoms with van der Waals surface area (Å²) < 4.78 is 25.9. The Hall–Kier alpha value is -4.26.